The van der Waals surface area contributed by atoms with Crippen molar-refractivity contribution in [2.75, 3.05) is 5.32 Å². The molecule has 8 heteroatoms. The molecule has 1 heterocycles. The highest BCUT2D eigenvalue weighted by Gasteiger charge is 2.15. The Morgan fingerprint density at radius 1 is 1.25 bits per heavy atom. The smallest absolute Gasteiger partial charge is 0.274 e. The summed E-state index contributed by atoms with van der Waals surface area (Å²) in [6.45, 7) is 1.83. The first-order valence-corrected chi connectivity index (χ1v) is 8.74. The minimum atomic E-state index is -0.460. The van der Waals surface area contributed by atoms with E-state index < -0.39 is 4.92 Å². The largest absolute Gasteiger partial charge is 0.441 e. The van der Waals surface area contributed by atoms with Crippen molar-refractivity contribution >= 4 is 17.3 Å². The summed E-state index contributed by atoms with van der Waals surface area (Å²) in [6, 6.07) is 10.5. The van der Waals surface area contributed by atoms with E-state index in [0.29, 0.717) is 34.9 Å². The molecule has 1 amide bonds. The number of aryl methyl sites for hydroxylation is 2. The number of nitro groups is 1. The summed E-state index contributed by atoms with van der Waals surface area (Å²) < 4.78 is 18.6. The first-order chi connectivity index (χ1) is 13.5. The van der Waals surface area contributed by atoms with Crippen LogP contribution in [0.3, 0.4) is 0 Å². The highest BCUT2D eigenvalue weighted by atomic mass is 19.1. The molecule has 0 radical (unpaired) electrons. The quantitative estimate of drug-likeness (QED) is 0.478. The molecule has 7 nitrogen and oxygen atoms in total. The van der Waals surface area contributed by atoms with Gasteiger partial charge in [0.05, 0.1) is 11.1 Å². The normalized spacial score (nSPS) is 10.6. The average Bonchev–Trinajstić information content (AvgIpc) is 3.16. The average molecular weight is 383 g/mol. The number of hydrogen-bond donors (Lipinski definition) is 1. The van der Waals surface area contributed by atoms with E-state index in [-0.39, 0.29) is 30.3 Å². The number of anilines is 1. The Kier molecular flexibility index (Phi) is 5.78. The van der Waals surface area contributed by atoms with Crippen molar-refractivity contribution in [2.45, 2.75) is 26.2 Å². The van der Waals surface area contributed by atoms with Gasteiger partial charge >= 0.3 is 0 Å². The predicted molar refractivity (Wildman–Crippen MR) is 101 cm³/mol. The van der Waals surface area contributed by atoms with E-state index in [1.165, 1.54) is 24.4 Å². The number of halogens is 1. The number of rotatable bonds is 7. The number of nitro benzene ring substituents is 1. The third-order valence-electron chi connectivity index (χ3n) is 4.19. The van der Waals surface area contributed by atoms with Crippen LogP contribution in [0.25, 0.3) is 11.3 Å². The molecule has 28 heavy (non-hydrogen) atoms. The van der Waals surface area contributed by atoms with Crippen LogP contribution in [0, 0.1) is 15.9 Å². The second-order valence-corrected chi connectivity index (χ2v) is 6.13. The van der Waals surface area contributed by atoms with Crippen molar-refractivity contribution in [3.8, 4) is 11.3 Å². The topological polar surface area (TPSA) is 98.3 Å². The van der Waals surface area contributed by atoms with E-state index >= 15 is 0 Å². The fraction of sp³-hybridized carbons (Fsp3) is 0.200. The Morgan fingerprint density at radius 3 is 2.68 bits per heavy atom. The Labute approximate surface area is 160 Å². The lowest BCUT2D eigenvalue weighted by Gasteiger charge is -2.06. The van der Waals surface area contributed by atoms with Gasteiger partial charge in [0.1, 0.15) is 5.82 Å². The van der Waals surface area contributed by atoms with Gasteiger partial charge in [-0.05, 0) is 36.8 Å². The molecule has 0 fully saturated rings. The number of oxazole rings is 1. The van der Waals surface area contributed by atoms with Crippen LogP contribution < -0.4 is 5.32 Å². The molecular weight excluding hydrogens is 365 g/mol. The standard InChI is InChI=1S/C20H18FN3O4/c1-2-13-5-8-16(11-17(13)24(26)27)23-19(25)9-10-20-22-12-18(28-20)14-3-6-15(21)7-4-14/h3-8,11-12H,2,9-10H2,1H3,(H,23,25). The maximum Gasteiger partial charge on any atom is 0.274 e. The van der Waals surface area contributed by atoms with E-state index in [4.69, 9.17) is 4.42 Å². The molecule has 0 saturated heterocycles. The first kappa shape index (κ1) is 19.2. The molecule has 0 aliphatic heterocycles. The molecular formula is C20H18FN3O4. The number of carbonyl (C=O) groups is 1. The molecule has 0 atom stereocenters. The van der Waals surface area contributed by atoms with Crippen LogP contribution in [-0.4, -0.2) is 15.8 Å². The van der Waals surface area contributed by atoms with Gasteiger partial charge in [0.25, 0.3) is 5.69 Å². The number of aromatic nitrogens is 1. The van der Waals surface area contributed by atoms with Crippen LogP contribution >= 0.6 is 0 Å². The number of amides is 1. The van der Waals surface area contributed by atoms with Gasteiger partial charge in [-0.1, -0.05) is 13.0 Å². The van der Waals surface area contributed by atoms with Crippen molar-refractivity contribution in [3.05, 3.63) is 76.0 Å². The summed E-state index contributed by atoms with van der Waals surface area (Å²) in [5, 5.41) is 13.8. The van der Waals surface area contributed by atoms with E-state index in [9.17, 15) is 19.3 Å². The summed E-state index contributed by atoms with van der Waals surface area (Å²) in [5.41, 5.74) is 1.65. The Balaban J connectivity index is 1.60. The lowest BCUT2D eigenvalue weighted by Crippen LogP contribution is -2.12. The van der Waals surface area contributed by atoms with Gasteiger partial charge in [0.15, 0.2) is 11.7 Å². The number of nitrogens with one attached hydrogen (secondary N) is 1. The fourth-order valence-electron chi connectivity index (χ4n) is 2.73. The minimum absolute atomic E-state index is 0.0167. The van der Waals surface area contributed by atoms with Crippen LogP contribution in [0.1, 0.15) is 24.8 Å². The monoisotopic (exact) mass is 383 g/mol. The maximum atomic E-state index is 13.0. The van der Waals surface area contributed by atoms with Crippen molar-refractivity contribution in [1.82, 2.24) is 4.98 Å². The minimum Gasteiger partial charge on any atom is -0.441 e. The van der Waals surface area contributed by atoms with Gasteiger partial charge in [0, 0.05) is 35.7 Å². The Morgan fingerprint density at radius 2 is 2.00 bits per heavy atom. The van der Waals surface area contributed by atoms with Gasteiger partial charge in [-0.3, -0.25) is 14.9 Å². The Hall–Kier alpha value is -3.55. The van der Waals surface area contributed by atoms with Crippen LogP contribution in [0.5, 0.6) is 0 Å². The number of hydrogen-bond acceptors (Lipinski definition) is 5. The summed E-state index contributed by atoms with van der Waals surface area (Å²) in [4.78, 5) is 26.9. The van der Waals surface area contributed by atoms with Crippen LogP contribution in [0.2, 0.25) is 0 Å². The van der Waals surface area contributed by atoms with E-state index in [0.717, 1.165) is 0 Å². The molecule has 1 aromatic heterocycles. The molecule has 0 aliphatic carbocycles. The van der Waals surface area contributed by atoms with Gasteiger partial charge in [0.2, 0.25) is 5.91 Å². The van der Waals surface area contributed by atoms with Crippen LogP contribution in [-0.2, 0) is 17.6 Å². The summed E-state index contributed by atoms with van der Waals surface area (Å²) in [6.07, 6.45) is 2.42. The van der Waals surface area contributed by atoms with Crippen molar-refractivity contribution < 1.29 is 18.5 Å². The second kappa shape index (κ2) is 8.43. The lowest BCUT2D eigenvalue weighted by atomic mass is 10.1. The summed E-state index contributed by atoms with van der Waals surface area (Å²) in [7, 11) is 0. The molecule has 2 aromatic carbocycles. The molecule has 0 spiro atoms. The Bertz CT molecular complexity index is 999. The zero-order valence-electron chi connectivity index (χ0n) is 15.1. The molecule has 0 aliphatic rings. The highest BCUT2D eigenvalue weighted by molar-refractivity contribution is 5.91. The summed E-state index contributed by atoms with van der Waals surface area (Å²) >= 11 is 0. The van der Waals surface area contributed by atoms with Crippen molar-refractivity contribution in [2.24, 2.45) is 0 Å². The van der Waals surface area contributed by atoms with Gasteiger partial charge < -0.3 is 9.73 Å². The number of benzene rings is 2. The van der Waals surface area contributed by atoms with Gasteiger partial charge in [-0.25, -0.2) is 9.37 Å². The zero-order chi connectivity index (χ0) is 20.1. The molecule has 1 N–H and O–H groups in total. The second-order valence-electron chi connectivity index (χ2n) is 6.13. The molecule has 0 unspecified atom stereocenters. The van der Waals surface area contributed by atoms with Crippen molar-refractivity contribution in [1.29, 1.82) is 0 Å². The zero-order valence-corrected chi connectivity index (χ0v) is 15.1. The van der Waals surface area contributed by atoms with Crippen LogP contribution in [0.15, 0.2) is 53.1 Å². The number of nitrogens with zero attached hydrogens (tertiary/aromatic N) is 2. The van der Waals surface area contributed by atoms with Gasteiger partial charge in [-0.2, -0.15) is 0 Å². The molecule has 0 saturated carbocycles. The van der Waals surface area contributed by atoms with E-state index in [1.54, 1.807) is 24.3 Å². The predicted octanol–water partition coefficient (Wildman–Crippen LogP) is 4.52. The number of carbonyl (C=O) groups excluding carboxylic acids is 1. The molecule has 0 bridgehead atoms. The SMILES string of the molecule is CCc1ccc(NC(=O)CCc2ncc(-c3ccc(F)cc3)o2)cc1[N+](=O)[O-]. The third kappa shape index (κ3) is 4.59. The fourth-order valence-corrected chi connectivity index (χ4v) is 2.73. The van der Waals surface area contributed by atoms with Crippen molar-refractivity contribution in [3.63, 3.8) is 0 Å². The highest BCUT2D eigenvalue weighted by Crippen LogP contribution is 2.24. The first-order valence-electron chi connectivity index (χ1n) is 8.74. The lowest BCUT2D eigenvalue weighted by molar-refractivity contribution is -0.385. The molecule has 3 aromatic rings. The van der Waals surface area contributed by atoms with Gasteiger partial charge in [-0.15, -0.1) is 0 Å². The molecule has 144 valence electrons. The third-order valence-corrected chi connectivity index (χ3v) is 4.19. The van der Waals surface area contributed by atoms with E-state index in [1.807, 2.05) is 6.92 Å². The summed E-state index contributed by atoms with van der Waals surface area (Å²) in [5.74, 6) is 0.218. The maximum absolute atomic E-state index is 13.0. The molecule has 3 rings (SSSR count). The van der Waals surface area contributed by atoms with Crippen LogP contribution in [0.4, 0.5) is 15.8 Å². The van der Waals surface area contributed by atoms with E-state index in [2.05, 4.69) is 10.3 Å².